The van der Waals surface area contributed by atoms with E-state index in [-0.39, 0.29) is 23.8 Å². The van der Waals surface area contributed by atoms with Gasteiger partial charge in [-0.25, -0.2) is 4.39 Å². The molecule has 0 saturated heterocycles. The van der Waals surface area contributed by atoms with Gasteiger partial charge in [0.25, 0.3) is 0 Å². The van der Waals surface area contributed by atoms with E-state index >= 15 is 0 Å². The van der Waals surface area contributed by atoms with E-state index in [1.54, 1.807) is 6.07 Å². The minimum absolute atomic E-state index is 0.0415. The molecular weight excluding hydrogens is 342 g/mol. The molecule has 0 aromatic heterocycles. The van der Waals surface area contributed by atoms with Crippen molar-refractivity contribution < 1.29 is 27.4 Å². The van der Waals surface area contributed by atoms with Gasteiger partial charge in [-0.2, -0.15) is 0 Å². The monoisotopic (exact) mass is 357 g/mol. The Morgan fingerprint density at radius 1 is 1.16 bits per heavy atom. The van der Waals surface area contributed by atoms with Crippen LogP contribution < -0.4 is 15.8 Å². The number of aliphatic imine (C=N–C) groups is 1. The quantitative estimate of drug-likeness (QED) is 0.436. The largest absolute Gasteiger partial charge is 0.573 e. The van der Waals surface area contributed by atoms with Crippen LogP contribution in [0.3, 0.4) is 0 Å². The lowest BCUT2D eigenvalue weighted by Crippen LogP contribution is -2.25. The van der Waals surface area contributed by atoms with Crippen molar-refractivity contribution in [1.29, 1.82) is 0 Å². The summed E-state index contributed by atoms with van der Waals surface area (Å²) in [5, 5.41) is 12.4. The summed E-state index contributed by atoms with van der Waals surface area (Å²) in [7, 11) is 0. The van der Waals surface area contributed by atoms with Gasteiger partial charge in [0.15, 0.2) is 11.7 Å². The van der Waals surface area contributed by atoms with Crippen LogP contribution in [-0.4, -0.2) is 24.0 Å². The van der Waals surface area contributed by atoms with Crippen LogP contribution in [0, 0.1) is 5.82 Å². The number of hydrogen-bond donors (Lipinski definition) is 3. The third-order valence-corrected chi connectivity index (χ3v) is 3.07. The highest BCUT2D eigenvalue weighted by Gasteiger charge is 2.32. The van der Waals surface area contributed by atoms with Crippen molar-refractivity contribution in [3.63, 3.8) is 0 Å². The number of anilines is 1. The Hall–Kier alpha value is -2.81. The standard InChI is InChI=1S/C16H15F4N3O2/c17-11-6-2-1-5-10(11)13(24)9-22-15(21)23-12-7-3-4-8-14(12)25-16(18,19)20/h1-8,13,24H,9H2,(H3,21,22,23). The molecule has 25 heavy (non-hydrogen) atoms. The summed E-state index contributed by atoms with van der Waals surface area (Å²) in [6.07, 6.45) is -6.10. The number of benzene rings is 2. The molecule has 1 atom stereocenters. The number of aliphatic hydroxyl groups excluding tert-OH is 1. The summed E-state index contributed by atoms with van der Waals surface area (Å²) in [6, 6.07) is 10.9. The summed E-state index contributed by atoms with van der Waals surface area (Å²) >= 11 is 0. The molecule has 9 heteroatoms. The van der Waals surface area contributed by atoms with Crippen LogP contribution in [0.25, 0.3) is 0 Å². The van der Waals surface area contributed by atoms with Crippen LogP contribution >= 0.6 is 0 Å². The fourth-order valence-electron chi connectivity index (χ4n) is 1.99. The maximum atomic E-state index is 13.5. The second kappa shape index (κ2) is 7.84. The minimum Gasteiger partial charge on any atom is -0.404 e. The first kappa shape index (κ1) is 18.5. The lowest BCUT2D eigenvalue weighted by molar-refractivity contribution is -0.274. The van der Waals surface area contributed by atoms with Gasteiger partial charge in [-0.15, -0.1) is 13.2 Å². The molecule has 0 saturated carbocycles. The van der Waals surface area contributed by atoms with Crippen molar-refractivity contribution in [3.05, 3.63) is 59.9 Å². The molecule has 2 rings (SSSR count). The van der Waals surface area contributed by atoms with Gasteiger partial charge in [-0.1, -0.05) is 30.3 Å². The molecule has 1 unspecified atom stereocenters. The van der Waals surface area contributed by atoms with E-state index in [9.17, 15) is 22.7 Å². The van der Waals surface area contributed by atoms with E-state index in [1.807, 2.05) is 0 Å². The van der Waals surface area contributed by atoms with Gasteiger partial charge < -0.3 is 20.9 Å². The molecule has 5 nitrogen and oxygen atoms in total. The van der Waals surface area contributed by atoms with Gasteiger partial charge in [-0.3, -0.25) is 4.99 Å². The number of nitrogens with zero attached hydrogens (tertiary/aromatic N) is 1. The maximum Gasteiger partial charge on any atom is 0.573 e. The second-order valence-electron chi connectivity index (χ2n) is 4.93. The van der Waals surface area contributed by atoms with Crippen LogP contribution in [0.1, 0.15) is 11.7 Å². The average Bonchev–Trinajstić information content (AvgIpc) is 2.53. The highest BCUT2D eigenvalue weighted by molar-refractivity contribution is 5.93. The molecule has 0 spiro atoms. The van der Waals surface area contributed by atoms with Crippen molar-refractivity contribution in [3.8, 4) is 5.75 Å². The van der Waals surface area contributed by atoms with E-state index in [4.69, 9.17) is 5.73 Å². The number of halogens is 4. The molecule has 0 radical (unpaired) electrons. The summed E-state index contributed by atoms with van der Waals surface area (Å²) in [4.78, 5) is 3.80. The van der Waals surface area contributed by atoms with E-state index in [0.717, 1.165) is 6.07 Å². The first-order valence-electron chi connectivity index (χ1n) is 7.10. The molecule has 0 aliphatic carbocycles. The smallest absolute Gasteiger partial charge is 0.404 e. The number of aliphatic hydroxyl groups is 1. The van der Waals surface area contributed by atoms with E-state index < -0.39 is 24.0 Å². The second-order valence-corrected chi connectivity index (χ2v) is 4.93. The van der Waals surface area contributed by atoms with Gasteiger partial charge in [-0.05, 0) is 18.2 Å². The van der Waals surface area contributed by atoms with Crippen molar-refractivity contribution in [2.24, 2.45) is 10.7 Å². The van der Waals surface area contributed by atoms with Crippen molar-refractivity contribution in [1.82, 2.24) is 0 Å². The van der Waals surface area contributed by atoms with Crippen molar-refractivity contribution in [2.75, 3.05) is 11.9 Å². The average molecular weight is 357 g/mol. The maximum absolute atomic E-state index is 13.5. The number of nitrogens with one attached hydrogen (secondary N) is 1. The number of alkyl halides is 3. The minimum atomic E-state index is -4.86. The Bertz CT molecular complexity index is 750. The Morgan fingerprint density at radius 3 is 2.48 bits per heavy atom. The van der Waals surface area contributed by atoms with Gasteiger partial charge in [0.1, 0.15) is 11.9 Å². The zero-order valence-corrected chi connectivity index (χ0v) is 12.8. The van der Waals surface area contributed by atoms with Crippen LogP contribution in [0.5, 0.6) is 5.75 Å². The predicted octanol–water partition coefficient (Wildman–Crippen LogP) is 3.18. The van der Waals surface area contributed by atoms with Crippen LogP contribution in [0.2, 0.25) is 0 Å². The van der Waals surface area contributed by atoms with Crippen molar-refractivity contribution >= 4 is 11.6 Å². The Labute approximate surface area is 140 Å². The molecule has 0 amide bonds. The Kier molecular flexibility index (Phi) is 5.81. The van der Waals surface area contributed by atoms with Crippen molar-refractivity contribution in [2.45, 2.75) is 12.5 Å². The highest BCUT2D eigenvalue weighted by Crippen LogP contribution is 2.29. The molecule has 0 aliphatic heterocycles. The molecule has 2 aromatic carbocycles. The number of rotatable bonds is 5. The fraction of sp³-hybridized carbons (Fsp3) is 0.188. The first-order valence-corrected chi connectivity index (χ1v) is 7.10. The number of guanidine groups is 1. The molecule has 0 heterocycles. The van der Waals surface area contributed by atoms with E-state index in [2.05, 4.69) is 15.0 Å². The molecule has 134 valence electrons. The topological polar surface area (TPSA) is 79.9 Å². The zero-order chi connectivity index (χ0) is 18.4. The number of hydrogen-bond acceptors (Lipinski definition) is 3. The third-order valence-electron chi connectivity index (χ3n) is 3.07. The van der Waals surface area contributed by atoms with Gasteiger partial charge in [0.2, 0.25) is 0 Å². The molecular formula is C16H15F4N3O2. The summed E-state index contributed by atoms with van der Waals surface area (Å²) in [6.45, 7) is -0.276. The van der Waals surface area contributed by atoms with E-state index in [0.29, 0.717) is 0 Å². The zero-order valence-electron chi connectivity index (χ0n) is 12.8. The summed E-state index contributed by atoms with van der Waals surface area (Å²) in [5.74, 6) is -1.34. The number of ether oxygens (including phenoxy) is 1. The highest BCUT2D eigenvalue weighted by atomic mass is 19.4. The van der Waals surface area contributed by atoms with Gasteiger partial charge >= 0.3 is 6.36 Å². The van der Waals surface area contributed by atoms with Crippen LogP contribution in [0.4, 0.5) is 23.2 Å². The lowest BCUT2D eigenvalue weighted by Gasteiger charge is -2.14. The molecule has 0 bridgehead atoms. The molecule has 2 aromatic rings. The lowest BCUT2D eigenvalue weighted by atomic mass is 10.1. The number of nitrogens with two attached hydrogens (primary N) is 1. The van der Waals surface area contributed by atoms with Gasteiger partial charge in [0, 0.05) is 5.56 Å². The predicted molar refractivity (Wildman–Crippen MR) is 84.6 cm³/mol. The normalized spacial score (nSPS) is 13.4. The van der Waals surface area contributed by atoms with E-state index in [1.165, 1.54) is 36.4 Å². The molecule has 0 aliphatic rings. The summed E-state index contributed by atoms with van der Waals surface area (Å²) in [5.41, 5.74) is 5.59. The summed E-state index contributed by atoms with van der Waals surface area (Å²) < 4.78 is 54.5. The molecule has 4 N–H and O–H groups in total. The Morgan fingerprint density at radius 2 is 1.80 bits per heavy atom. The number of para-hydroxylation sites is 2. The SMILES string of the molecule is NC(=NCC(O)c1ccccc1F)Nc1ccccc1OC(F)(F)F. The molecule has 0 fully saturated rings. The van der Waals surface area contributed by atoms with Crippen LogP contribution in [-0.2, 0) is 0 Å². The Balaban J connectivity index is 2.06. The first-order chi connectivity index (χ1) is 11.8. The fourth-order valence-corrected chi connectivity index (χ4v) is 1.99. The van der Waals surface area contributed by atoms with Gasteiger partial charge in [0.05, 0.1) is 12.2 Å². The van der Waals surface area contributed by atoms with Crippen LogP contribution in [0.15, 0.2) is 53.5 Å². The third kappa shape index (κ3) is 5.64.